The number of H-pyrrole nitrogens is 1. The Bertz CT molecular complexity index is 1060. The zero-order valence-corrected chi connectivity index (χ0v) is 18.0. The first-order chi connectivity index (χ1) is 14.7. The summed E-state index contributed by atoms with van der Waals surface area (Å²) in [5.74, 6) is 0.793. The molecular formula is C22H23BrN5O2+. The number of morpholine rings is 1. The van der Waals surface area contributed by atoms with Gasteiger partial charge in [-0.15, -0.1) is 0 Å². The molecule has 0 bridgehead atoms. The van der Waals surface area contributed by atoms with Gasteiger partial charge in [0.15, 0.2) is 6.54 Å². The molecule has 1 amide bonds. The number of carbonyl (C=O) groups is 1. The van der Waals surface area contributed by atoms with E-state index in [1.54, 1.807) is 5.01 Å². The summed E-state index contributed by atoms with van der Waals surface area (Å²) in [7, 11) is 0. The number of hydrogen-bond donors (Lipinski definition) is 3. The van der Waals surface area contributed by atoms with Gasteiger partial charge in [-0.3, -0.25) is 10.2 Å². The Morgan fingerprint density at radius 1 is 1.17 bits per heavy atom. The minimum atomic E-state index is -0.302. The summed E-state index contributed by atoms with van der Waals surface area (Å²) in [6, 6.07) is 15.7. The fourth-order valence-electron chi connectivity index (χ4n) is 3.93. The van der Waals surface area contributed by atoms with Gasteiger partial charge in [-0.1, -0.05) is 40.2 Å². The SMILES string of the molecule is O=C(C[NH+]1CCOCC1)N1NC(c2ccc(Br)cc2)=CC1c1nc2ccccc2[nH]1. The summed E-state index contributed by atoms with van der Waals surface area (Å²) >= 11 is 3.48. The Morgan fingerprint density at radius 2 is 1.93 bits per heavy atom. The van der Waals surface area contributed by atoms with Crippen LogP contribution in [0.25, 0.3) is 16.7 Å². The van der Waals surface area contributed by atoms with Gasteiger partial charge in [-0.05, 0) is 35.9 Å². The Balaban J connectivity index is 1.46. The smallest absolute Gasteiger partial charge is 0.297 e. The number of aromatic nitrogens is 2. The molecule has 1 saturated heterocycles. The van der Waals surface area contributed by atoms with Gasteiger partial charge >= 0.3 is 0 Å². The number of hydrazine groups is 1. The monoisotopic (exact) mass is 468 g/mol. The number of rotatable bonds is 4. The molecule has 3 heterocycles. The fourth-order valence-corrected chi connectivity index (χ4v) is 4.19. The molecule has 30 heavy (non-hydrogen) atoms. The third-order valence-electron chi connectivity index (χ3n) is 5.56. The van der Waals surface area contributed by atoms with E-state index < -0.39 is 0 Å². The lowest BCUT2D eigenvalue weighted by atomic mass is 10.1. The number of ether oxygens (including phenoxy) is 1. The van der Waals surface area contributed by atoms with Gasteiger partial charge in [0.25, 0.3) is 5.91 Å². The van der Waals surface area contributed by atoms with Gasteiger partial charge in [0.2, 0.25) is 0 Å². The second-order valence-electron chi connectivity index (χ2n) is 7.59. The largest absolute Gasteiger partial charge is 0.370 e. The highest BCUT2D eigenvalue weighted by molar-refractivity contribution is 9.10. The number of hydrogen-bond acceptors (Lipinski definition) is 4. The van der Waals surface area contributed by atoms with Crippen LogP contribution in [-0.2, 0) is 9.53 Å². The maximum atomic E-state index is 13.3. The van der Waals surface area contributed by atoms with E-state index in [4.69, 9.17) is 9.72 Å². The normalized spacial score (nSPS) is 19.7. The highest BCUT2D eigenvalue weighted by Crippen LogP contribution is 2.31. The number of nitrogens with zero attached hydrogens (tertiary/aromatic N) is 2. The Kier molecular flexibility index (Phi) is 5.28. The molecule has 1 aromatic heterocycles. The van der Waals surface area contributed by atoms with Crippen molar-refractivity contribution in [2.45, 2.75) is 6.04 Å². The number of carbonyl (C=O) groups excluding carboxylic acids is 1. The second-order valence-corrected chi connectivity index (χ2v) is 8.50. The van der Waals surface area contributed by atoms with Crippen molar-refractivity contribution in [2.75, 3.05) is 32.8 Å². The van der Waals surface area contributed by atoms with Crippen LogP contribution >= 0.6 is 15.9 Å². The van der Waals surface area contributed by atoms with Crippen LogP contribution in [0.5, 0.6) is 0 Å². The van der Waals surface area contributed by atoms with Crippen molar-refractivity contribution < 1.29 is 14.4 Å². The number of nitrogens with one attached hydrogen (secondary N) is 3. The van der Waals surface area contributed by atoms with E-state index >= 15 is 0 Å². The summed E-state index contributed by atoms with van der Waals surface area (Å²) in [5.41, 5.74) is 7.11. The second kappa shape index (κ2) is 8.22. The zero-order chi connectivity index (χ0) is 20.5. The molecule has 2 aromatic carbocycles. The molecule has 5 rings (SSSR count). The van der Waals surface area contributed by atoms with Crippen LogP contribution in [-0.4, -0.2) is 53.7 Å². The third-order valence-corrected chi connectivity index (χ3v) is 6.09. The van der Waals surface area contributed by atoms with E-state index in [0.717, 1.165) is 45.7 Å². The molecule has 0 aliphatic carbocycles. The summed E-state index contributed by atoms with van der Waals surface area (Å²) in [5, 5.41) is 1.71. The molecule has 1 atom stereocenters. The quantitative estimate of drug-likeness (QED) is 0.544. The van der Waals surface area contributed by atoms with E-state index in [2.05, 4.69) is 32.4 Å². The number of quaternary nitrogens is 1. The van der Waals surface area contributed by atoms with Crippen LogP contribution in [0.3, 0.4) is 0 Å². The van der Waals surface area contributed by atoms with Crippen LogP contribution in [0.1, 0.15) is 17.4 Å². The van der Waals surface area contributed by atoms with E-state index in [9.17, 15) is 4.79 Å². The molecular weight excluding hydrogens is 446 g/mol. The Morgan fingerprint density at radius 3 is 2.70 bits per heavy atom. The topological polar surface area (TPSA) is 74.7 Å². The molecule has 8 heteroatoms. The minimum Gasteiger partial charge on any atom is -0.370 e. The number of aromatic amines is 1. The average Bonchev–Trinajstić information content (AvgIpc) is 3.39. The van der Waals surface area contributed by atoms with Crippen molar-refractivity contribution in [3.05, 3.63) is 70.5 Å². The van der Waals surface area contributed by atoms with Gasteiger partial charge in [0, 0.05) is 4.47 Å². The number of imidazole rings is 1. The van der Waals surface area contributed by atoms with Crippen LogP contribution in [0.15, 0.2) is 59.1 Å². The summed E-state index contributed by atoms with van der Waals surface area (Å²) in [6.45, 7) is 3.52. The highest BCUT2D eigenvalue weighted by Gasteiger charge is 2.34. The predicted molar refractivity (Wildman–Crippen MR) is 117 cm³/mol. The maximum absolute atomic E-state index is 13.3. The minimum absolute atomic E-state index is 0.0423. The molecule has 0 saturated carbocycles. The first-order valence-electron chi connectivity index (χ1n) is 10.1. The standard InChI is InChI=1S/C22H22BrN5O2/c23-16-7-5-15(6-8-16)19-13-20(22-24-17-3-1-2-4-18(17)25-22)28(26-19)21(29)14-27-9-11-30-12-10-27/h1-8,13,20,26H,9-12,14H2,(H,24,25)/p+1. The van der Waals surface area contributed by atoms with Gasteiger partial charge in [0.1, 0.15) is 25.0 Å². The molecule has 2 aliphatic rings. The van der Waals surface area contributed by atoms with Crippen molar-refractivity contribution >= 4 is 38.6 Å². The van der Waals surface area contributed by atoms with Gasteiger partial charge in [-0.25, -0.2) is 9.99 Å². The van der Waals surface area contributed by atoms with Crippen molar-refractivity contribution in [2.24, 2.45) is 0 Å². The number of halogens is 1. The Labute approximate surface area is 182 Å². The van der Waals surface area contributed by atoms with Gasteiger partial charge in [-0.2, -0.15) is 0 Å². The molecule has 0 radical (unpaired) electrons. The molecule has 154 valence electrons. The summed E-state index contributed by atoms with van der Waals surface area (Å²) in [4.78, 5) is 22.6. The predicted octanol–water partition coefficient (Wildman–Crippen LogP) is 1.67. The lowest BCUT2D eigenvalue weighted by Crippen LogP contribution is -3.15. The number of amides is 1. The average molecular weight is 469 g/mol. The molecule has 3 aromatic rings. The van der Waals surface area contributed by atoms with Gasteiger partial charge < -0.3 is 14.6 Å². The molecule has 7 nitrogen and oxygen atoms in total. The summed E-state index contributed by atoms with van der Waals surface area (Å²) in [6.07, 6.45) is 2.06. The molecule has 3 N–H and O–H groups in total. The summed E-state index contributed by atoms with van der Waals surface area (Å²) < 4.78 is 6.44. The van der Waals surface area contributed by atoms with Crippen molar-refractivity contribution in [1.82, 2.24) is 20.4 Å². The number of fused-ring (bicyclic) bond motifs is 1. The van der Waals surface area contributed by atoms with Crippen LogP contribution in [0, 0.1) is 0 Å². The molecule has 2 aliphatic heterocycles. The van der Waals surface area contributed by atoms with Crippen LogP contribution < -0.4 is 10.3 Å². The van der Waals surface area contributed by atoms with Gasteiger partial charge in [0.05, 0.1) is 29.9 Å². The molecule has 1 fully saturated rings. The van der Waals surface area contributed by atoms with Crippen LogP contribution in [0.4, 0.5) is 0 Å². The van der Waals surface area contributed by atoms with Crippen molar-refractivity contribution in [3.63, 3.8) is 0 Å². The van der Waals surface area contributed by atoms with Crippen molar-refractivity contribution in [1.29, 1.82) is 0 Å². The lowest BCUT2D eigenvalue weighted by Gasteiger charge is -2.28. The van der Waals surface area contributed by atoms with Crippen molar-refractivity contribution in [3.8, 4) is 0 Å². The maximum Gasteiger partial charge on any atom is 0.297 e. The van der Waals surface area contributed by atoms with Crippen LogP contribution in [0.2, 0.25) is 0 Å². The third kappa shape index (κ3) is 3.86. The first-order valence-corrected chi connectivity index (χ1v) is 10.9. The zero-order valence-electron chi connectivity index (χ0n) is 16.4. The molecule has 0 spiro atoms. The first kappa shape index (κ1) is 19.3. The van der Waals surface area contributed by atoms with E-state index in [1.165, 1.54) is 4.90 Å². The number of para-hydroxylation sites is 2. The molecule has 1 unspecified atom stereocenters. The van der Waals surface area contributed by atoms with E-state index in [0.29, 0.717) is 19.8 Å². The van der Waals surface area contributed by atoms with E-state index in [1.807, 2.05) is 48.5 Å². The number of benzene rings is 2. The fraction of sp³-hybridized carbons (Fsp3) is 0.273. The Hall–Kier alpha value is -2.68. The van der Waals surface area contributed by atoms with E-state index in [-0.39, 0.29) is 11.9 Å². The highest BCUT2D eigenvalue weighted by atomic mass is 79.9. The lowest BCUT2D eigenvalue weighted by molar-refractivity contribution is -0.900.